The van der Waals surface area contributed by atoms with Crippen LogP contribution in [0.4, 0.5) is 25.0 Å². The van der Waals surface area contributed by atoms with E-state index in [0.29, 0.717) is 26.2 Å². The Bertz CT molecular complexity index is 766. The summed E-state index contributed by atoms with van der Waals surface area (Å²) in [5, 5.41) is 2.34. The first-order chi connectivity index (χ1) is 12.0. The number of nitrogens with zero attached hydrogens (tertiary/aromatic N) is 2. The maximum atomic E-state index is 13.7. The van der Waals surface area contributed by atoms with Crippen LogP contribution in [-0.2, 0) is 0 Å². The number of aryl methyl sites for hydroxylation is 1. The van der Waals surface area contributed by atoms with Gasteiger partial charge in [-0.2, -0.15) is 0 Å². The first-order valence-corrected chi connectivity index (χ1v) is 8.28. The highest BCUT2D eigenvalue weighted by Crippen LogP contribution is 2.24. The summed E-state index contributed by atoms with van der Waals surface area (Å²) in [6.45, 7) is 6.51. The van der Waals surface area contributed by atoms with Crippen molar-refractivity contribution in [2.75, 3.05) is 36.4 Å². The molecule has 0 aromatic heterocycles. The largest absolute Gasteiger partial charge is 0.368 e. The van der Waals surface area contributed by atoms with Crippen LogP contribution in [0.1, 0.15) is 11.1 Å². The number of para-hydroxylation sites is 1. The van der Waals surface area contributed by atoms with E-state index in [1.54, 1.807) is 4.90 Å². The first kappa shape index (κ1) is 17.2. The summed E-state index contributed by atoms with van der Waals surface area (Å²) in [4.78, 5) is 16.1. The van der Waals surface area contributed by atoms with Crippen molar-refractivity contribution in [2.24, 2.45) is 0 Å². The van der Waals surface area contributed by atoms with Gasteiger partial charge in [0.1, 0.15) is 17.3 Å². The summed E-state index contributed by atoms with van der Waals surface area (Å²) in [5.41, 5.74) is 3.23. The molecule has 0 unspecified atom stereocenters. The molecule has 3 rings (SSSR count). The number of anilines is 2. The van der Waals surface area contributed by atoms with Crippen LogP contribution in [0.15, 0.2) is 36.4 Å². The smallest absolute Gasteiger partial charge is 0.322 e. The highest BCUT2D eigenvalue weighted by Gasteiger charge is 2.23. The van der Waals surface area contributed by atoms with Gasteiger partial charge in [0, 0.05) is 31.9 Å². The number of urea groups is 1. The zero-order valence-corrected chi connectivity index (χ0v) is 14.4. The fourth-order valence-electron chi connectivity index (χ4n) is 3.03. The van der Waals surface area contributed by atoms with Crippen molar-refractivity contribution in [1.29, 1.82) is 0 Å². The highest BCUT2D eigenvalue weighted by molar-refractivity contribution is 5.89. The van der Waals surface area contributed by atoms with Gasteiger partial charge in [-0.3, -0.25) is 0 Å². The average molecular weight is 345 g/mol. The lowest BCUT2D eigenvalue weighted by molar-refractivity contribution is 0.208. The molecule has 0 aliphatic carbocycles. The Balaban J connectivity index is 1.64. The van der Waals surface area contributed by atoms with E-state index in [1.807, 2.05) is 6.07 Å². The fraction of sp³-hybridized carbons (Fsp3) is 0.316. The molecule has 0 radical (unpaired) electrons. The molecule has 2 aromatic rings. The number of hydrogen-bond acceptors (Lipinski definition) is 2. The predicted molar refractivity (Wildman–Crippen MR) is 95.1 cm³/mol. The van der Waals surface area contributed by atoms with Crippen LogP contribution in [0, 0.1) is 25.5 Å². The maximum Gasteiger partial charge on any atom is 0.322 e. The third kappa shape index (κ3) is 3.57. The number of carbonyl (C=O) groups is 1. The third-order valence-electron chi connectivity index (χ3n) is 4.68. The van der Waals surface area contributed by atoms with Crippen molar-refractivity contribution in [2.45, 2.75) is 13.8 Å². The van der Waals surface area contributed by atoms with E-state index >= 15 is 0 Å². The Hall–Kier alpha value is -2.63. The number of piperazine rings is 1. The topological polar surface area (TPSA) is 35.6 Å². The zero-order chi connectivity index (χ0) is 18.0. The van der Waals surface area contributed by atoms with Gasteiger partial charge in [0.15, 0.2) is 0 Å². The highest BCUT2D eigenvalue weighted by atomic mass is 19.1. The summed E-state index contributed by atoms with van der Waals surface area (Å²) < 4.78 is 27.3. The van der Waals surface area contributed by atoms with Crippen LogP contribution in [0.2, 0.25) is 0 Å². The maximum absolute atomic E-state index is 13.7. The molecule has 4 nitrogen and oxygen atoms in total. The molecule has 1 fully saturated rings. The van der Waals surface area contributed by atoms with Gasteiger partial charge < -0.3 is 15.1 Å². The molecule has 0 atom stereocenters. The molecule has 1 heterocycles. The normalized spacial score (nSPS) is 14.6. The van der Waals surface area contributed by atoms with Gasteiger partial charge in [-0.25, -0.2) is 13.6 Å². The Labute approximate surface area is 146 Å². The lowest BCUT2D eigenvalue weighted by atomic mass is 10.1. The van der Waals surface area contributed by atoms with E-state index in [2.05, 4.69) is 36.2 Å². The quantitative estimate of drug-likeness (QED) is 0.895. The summed E-state index contributed by atoms with van der Waals surface area (Å²) in [6.07, 6.45) is 0. The number of benzene rings is 2. The van der Waals surface area contributed by atoms with Crippen LogP contribution in [0.25, 0.3) is 0 Å². The standard InChI is InChI=1S/C19H21F2N3O/c1-13-5-3-8-17(14(13)2)23-9-11-24(12-10-23)19(25)22-18-15(20)6-4-7-16(18)21/h3-8H,9-12H2,1-2H3,(H,22,25). The average Bonchev–Trinajstić information content (AvgIpc) is 2.61. The minimum absolute atomic E-state index is 0.399. The molecule has 1 saturated heterocycles. The Kier molecular flexibility index (Phi) is 4.88. The molecule has 0 spiro atoms. The molecule has 6 heteroatoms. The van der Waals surface area contributed by atoms with E-state index in [1.165, 1.54) is 22.9 Å². The van der Waals surface area contributed by atoms with Crippen LogP contribution in [-0.4, -0.2) is 37.1 Å². The van der Waals surface area contributed by atoms with Crippen molar-refractivity contribution in [1.82, 2.24) is 4.90 Å². The molecule has 1 aliphatic heterocycles. The van der Waals surface area contributed by atoms with Gasteiger partial charge in [-0.05, 0) is 43.2 Å². The van der Waals surface area contributed by atoms with E-state index in [-0.39, 0.29) is 0 Å². The minimum Gasteiger partial charge on any atom is -0.368 e. The number of rotatable bonds is 2. The molecule has 0 saturated carbocycles. The van der Waals surface area contributed by atoms with Gasteiger partial charge in [0.2, 0.25) is 0 Å². The lowest BCUT2D eigenvalue weighted by Crippen LogP contribution is -2.50. The summed E-state index contributed by atoms with van der Waals surface area (Å²) >= 11 is 0. The Morgan fingerprint density at radius 1 is 0.960 bits per heavy atom. The first-order valence-electron chi connectivity index (χ1n) is 8.28. The number of hydrogen-bond donors (Lipinski definition) is 1. The van der Waals surface area contributed by atoms with Gasteiger partial charge in [0.25, 0.3) is 0 Å². The van der Waals surface area contributed by atoms with Gasteiger partial charge in [-0.1, -0.05) is 18.2 Å². The molecule has 0 bridgehead atoms. The molecular formula is C19H21F2N3O. The third-order valence-corrected chi connectivity index (χ3v) is 4.68. The number of nitrogens with one attached hydrogen (secondary N) is 1. The second kappa shape index (κ2) is 7.09. The van der Waals surface area contributed by atoms with Crippen molar-refractivity contribution in [3.05, 3.63) is 59.2 Å². The Morgan fingerprint density at radius 2 is 1.56 bits per heavy atom. The van der Waals surface area contributed by atoms with Crippen molar-refractivity contribution in [3.63, 3.8) is 0 Å². The van der Waals surface area contributed by atoms with Crippen molar-refractivity contribution < 1.29 is 13.6 Å². The number of carbonyl (C=O) groups excluding carboxylic acids is 1. The molecule has 2 amide bonds. The molecule has 25 heavy (non-hydrogen) atoms. The fourth-order valence-corrected chi connectivity index (χ4v) is 3.03. The summed E-state index contributed by atoms with van der Waals surface area (Å²) in [6, 6.07) is 9.21. The zero-order valence-electron chi connectivity index (χ0n) is 14.4. The van der Waals surface area contributed by atoms with Crippen molar-refractivity contribution >= 4 is 17.4 Å². The van der Waals surface area contributed by atoms with E-state index in [4.69, 9.17) is 0 Å². The van der Waals surface area contributed by atoms with Gasteiger partial charge in [0.05, 0.1) is 0 Å². The second-order valence-electron chi connectivity index (χ2n) is 6.22. The van der Waals surface area contributed by atoms with Crippen LogP contribution >= 0.6 is 0 Å². The van der Waals surface area contributed by atoms with Crippen LogP contribution in [0.5, 0.6) is 0 Å². The predicted octanol–water partition coefficient (Wildman–Crippen LogP) is 3.94. The summed E-state index contributed by atoms with van der Waals surface area (Å²) in [7, 11) is 0. The van der Waals surface area contributed by atoms with E-state index in [0.717, 1.165) is 12.1 Å². The van der Waals surface area contributed by atoms with Gasteiger partial charge in [-0.15, -0.1) is 0 Å². The minimum atomic E-state index is -0.776. The molecule has 1 aliphatic rings. The lowest BCUT2D eigenvalue weighted by Gasteiger charge is -2.37. The summed E-state index contributed by atoms with van der Waals surface area (Å²) in [5.74, 6) is -1.55. The number of halogens is 2. The molecule has 2 aromatic carbocycles. The SMILES string of the molecule is Cc1cccc(N2CCN(C(=O)Nc3c(F)cccc3F)CC2)c1C. The van der Waals surface area contributed by atoms with Crippen LogP contribution in [0.3, 0.4) is 0 Å². The molecular weight excluding hydrogens is 324 g/mol. The molecule has 1 N–H and O–H groups in total. The Morgan fingerprint density at radius 3 is 2.20 bits per heavy atom. The van der Waals surface area contributed by atoms with Crippen molar-refractivity contribution in [3.8, 4) is 0 Å². The van der Waals surface area contributed by atoms with Crippen LogP contribution < -0.4 is 10.2 Å². The second-order valence-corrected chi connectivity index (χ2v) is 6.22. The monoisotopic (exact) mass is 345 g/mol. The van der Waals surface area contributed by atoms with E-state index in [9.17, 15) is 13.6 Å². The molecule has 132 valence electrons. The number of amides is 2. The van der Waals surface area contributed by atoms with Gasteiger partial charge >= 0.3 is 6.03 Å². The van der Waals surface area contributed by atoms with E-state index < -0.39 is 23.4 Å².